The third kappa shape index (κ3) is 3.01. The van der Waals surface area contributed by atoms with Gasteiger partial charge in [-0.3, -0.25) is 4.98 Å². The van der Waals surface area contributed by atoms with E-state index in [4.69, 9.17) is 0 Å². The number of hydrogen-bond donors (Lipinski definition) is 1. The van der Waals surface area contributed by atoms with Crippen LogP contribution in [0.1, 0.15) is 51.4 Å². The van der Waals surface area contributed by atoms with Crippen LogP contribution in [-0.2, 0) is 0 Å². The number of benzene rings is 1. The van der Waals surface area contributed by atoms with Crippen molar-refractivity contribution in [2.24, 2.45) is 5.41 Å². The fraction of sp³-hybridized carbons (Fsp3) is 0.500. The summed E-state index contributed by atoms with van der Waals surface area (Å²) in [7, 11) is 0. The van der Waals surface area contributed by atoms with Crippen molar-refractivity contribution >= 4 is 10.9 Å². The van der Waals surface area contributed by atoms with Crippen molar-refractivity contribution in [2.45, 2.75) is 47.1 Å². The minimum absolute atomic E-state index is 0.238. The van der Waals surface area contributed by atoms with E-state index in [-0.39, 0.29) is 5.41 Å². The molecule has 108 valence electrons. The summed E-state index contributed by atoms with van der Waals surface area (Å²) in [5.41, 5.74) is 3.75. The lowest BCUT2D eigenvalue weighted by Crippen LogP contribution is -2.33. The van der Waals surface area contributed by atoms with Gasteiger partial charge in [0.1, 0.15) is 0 Å². The van der Waals surface area contributed by atoms with Crippen LogP contribution < -0.4 is 5.32 Å². The maximum absolute atomic E-state index is 4.58. The van der Waals surface area contributed by atoms with Gasteiger partial charge >= 0.3 is 0 Å². The molecule has 2 heteroatoms. The molecule has 0 saturated carbocycles. The summed E-state index contributed by atoms with van der Waals surface area (Å²) in [6.45, 7) is 12.1. The molecular weight excluding hydrogens is 244 g/mol. The first-order chi connectivity index (χ1) is 9.47. The Kier molecular flexibility index (Phi) is 4.44. The van der Waals surface area contributed by atoms with Gasteiger partial charge in [0.2, 0.25) is 0 Å². The van der Waals surface area contributed by atoms with E-state index in [0.717, 1.165) is 24.2 Å². The van der Waals surface area contributed by atoms with Gasteiger partial charge in [-0.25, -0.2) is 0 Å². The number of nitrogens with zero attached hydrogens (tertiary/aromatic N) is 1. The number of fused-ring (bicyclic) bond motifs is 1. The highest BCUT2D eigenvalue weighted by Crippen LogP contribution is 2.37. The van der Waals surface area contributed by atoms with Crippen molar-refractivity contribution in [3.05, 3.63) is 41.6 Å². The van der Waals surface area contributed by atoms with E-state index in [1.807, 2.05) is 6.92 Å². The van der Waals surface area contributed by atoms with Crippen LogP contribution in [0.15, 0.2) is 30.3 Å². The van der Waals surface area contributed by atoms with E-state index in [9.17, 15) is 0 Å². The molecule has 0 aliphatic heterocycles. The topological polar surface area (TPSA) is 24.9 Å². The predicted molar refractivity (Wildman–Crippen MR) is 87.0 cm³/mol. The van der Waals surface area contributed by atoms with E-state index in [2.05, 4.69) is 68.3 Å². The highest BCUT2D eigenvalue weighted by atomic mass is 14.9. The molecule has 0 bridgehead atoms. The maximum Gasteiger partial charge on any atom is 0.0705 e. The third-order valence-corrected chi connectivity index (χ3v) is 4.29. The largest absolute Gasteiger partial charge is 0.310 e. The Balaban J connectivity index is 2.46. The number of pyridine rings is 1. The Morgan fingerprint density at radius 2 is 1.90 bits per heavy atom. The number of hydrogen-bond acceptors (Lipinski definition) is 2. The van der Waals surface area contributed by atoms with Gasteiger partial charge < -0.3 is 5.32 Å². The zero-order valence-corrected chi connectivity index (χ0v) is 13.3. The average Bonchev–Trinajstić information content (AvgIpc) is 2.44. The van der Waals surface area contributed by atoms with Crippen LogP contribution in [0.25, 0.3) is 10.9 Å². The second-order valence-electron chi connectivity index (χ2n) is 6.24. The van der Waals surface area contributed by atoms with Gasteiger partial charge in [-0.1, -0.05) is 39.8 Å². The lowest BCUT2D eigenvalue weighted by atomic mass is 9.78. The molecule has 0 aliphatic carbocycles. The molecule has 1 aromatic heterocycles. The SMILES string of the molecule is CCNC(c1ccc2nc(C)ccc2c1)C(C)(C)CC. The second-order valence-corrected chi connectivity index (χ2v) is 6.24. The molecule has 1 unspecified atom stereocenters. The molecule has 2 rings (SSSR count). The Hall–Kier alpha value is -1.41. The summed E-state index contributed by atoms with van der Waals surface area (Å²) < 4.78 is 0. The molecule has 2 nitrogen and oxygen atoms in total. The molecule has 0 aliphatic rings. The molecule has 0 amide bonds. The zero-order valence-electron chi connectivity index (χ0n) is 13.3. The quantitative estimate of drug-likeness (QED) is 0.856. The van der Waals surface area contributed by atoms with Gasteiger partial charge in [0, 0.05) is 17.1 Å². The molecule has 1 heterocycles. The van der Waals surface area contributed by atoms with Gasteiger partial charge in [-0.15, -0.1) is 0 Å². The number of nitrogens with one attached hydrogen (secondary N) is 1. The summed E-state index contributed by atoms with van der Waals surface area (Å²) in [5, 5.41) is 4.87. The smallest absolute Gasteiger partial charge is 0.0705 e. The van der Waals surface area contributed by atoms with Crippen LogP contribution in [0.4, 0.5) is 0 Å². The van der Waals surface area contributed by atoms with Gasteiger partial charge in [0.05, 0.1) is 5.52 Å². The minimum Gasteiger partial charge on any atom is -0.310 e. The highest BCUT2D eigenvalue weighted by Gasteiger charge is 2.28. The van der Waals surface area contributed by atoms with Crippen LogP contribution in [0.2, 0.25) is 0 Å². The summed E-state index contributed by atoms with van der Waals surface area (Å²) in [6, 6.07) is 11.3. The molecule has 1 aromatic carbocycles. The first-order valence-corrected chi connectivity index (χ1v) is 7.58. The van der Waals surface area contributed by atoms with Crippen molar-refractivity contribution < 1.29 is 0 Å². The number of rotatable bonds is 5. The predicted octanol–water partition coefficient (Wildman–Crippen LogP) is 4.63. The normalized spacial score (nSPS) is 13.7. The van der Waals surface area contributed by atoms with Crippen LogP contribution >= 0.6 is 0 Å². The van der Waals surface area contributed by atoms with E-state index >= 15 is 0 Å². The molecule has 20 heavy (non-hydrogen) atoms. The first-order valence-electron chi connectivity index (χ1n) is 7.58. The van der Waals surface area contributed by atoms with Gasteiger partial charge in [-0.05, 0) is 49.1 Å². The lowest BCUT2D eigenvalue weighted by molar-refractivity contribution is 0.237. The van der Waals surface area contributed by atoms with Crippen LogP contribution in [0.3, 0.4) is 0 Å². The van der Waals surface area contributed by atoms with Gasteiger partial charge in [0.15, 0.2) is 0 Å². The Bertz CT molecular complexity index is 587. The van der Waals surface area contributed by atoms with Crippen molar-refractivity contribution in [3.8, 4) is 0 Å². The Labute approximate surface area is 122 Å². The van der Waals surface area contributed by atoms with Crippen molar-refractivity contribution in [1.29, 1.82) is 0 Å². The summed E-state index contributed by atoms with van der Waals surface area (Å²) >= 11 is 0. The van der Waals surface area contributed by atoms with E-state index in [0.29, 0.717) is 6.04 Å². The highest BCUT2D eigenvalue weighted by molar-refractivity contribution is 5.79. The molecular formula is C18H26N2. The molecule has 1 atom stereocenters. The van der Waals surface area contributed by atoms with E-state index in [1.54, 1.807) is 0 Å². The van der Waals surface area contributed by atoms with E-state index in [1.165, 1.54) is 10.9 Å². The van der Waals surface area contributed by atoms with Crippen LogP contribution in [0, 0.1) is 12.3 Å². The van der Waals surface area contributed by atoms with Gasteiger partial charge in [0.25, 0.3) is 0 Å². The number of aryl methyl sites for hydroxylation is 1. The number of aromatic nitrogens is 1. The summed E-state index contributed by atoms with van der Waals surface area (Å²) in [4.78, 5) is 4.58. The minimum atomic E-state index is 0.238. The third-order valence-electron chi connectivity index (χ3n) is 4.29. The molecule has 0 saturated heterocycles. The lowest BCUT2D eigenvalue weighted by Gasteiger charge is -2.34. The van der Waals surface area contributed by atoms with Crippen molar-refractivity contribution in [3.63, 3.8) is 0 Å². The molecule has 0 fully saturated rings. The Morgan fingerprint density at radius 1 is 1.15 bits per heavy atom. The zero-order chi connectivity index (χ0) is 14.8. The van der Waals surface area contributed by atoms with Crippen molar-refractivity contribution in [2.75, 3.05) is 6.54 Å². The maximum atomic E-state index is 4.58. The van der Waals surface area contributed by atoms with Crippen LogP contribution in [0.5, 0.6) is 0 Å². The molecule has 2 aromatic rings. The van der Waals surface area contributed by atoms with E-state index < -0.39 is 0 Å². The van der Waals surface area contributed by atoms with Crippen molar-refractivity contribution in [1.82, 2.24) is 10.3 Å². The monoisotopic (exact) mass is 270 g/mol. The fourth-order valence-corrected chi connectivity index (χ4v) is 2.68. The van der Waals surface area contributed by atoms with Gasteiger partial charge in [-0.2, -0.15) is 0 Å². The fourth-order valence-electron chi connectivity index (χ4n) is 2.68. The molecule has 1 N–H and O–H groups in total. The first kappa shape index (κ1) is 15.0. The summed E-state index contributed by atoms with van der Waals surface area (Å²) in [5.74, 6) is 0. The van der Waals surface area contributed by atoms with Crippen LogP contribution in [-0.4, -0.2) is 11.5 Å². The molecule has 0 radical (unpaired) electrons. The molecule has 0 spiro atoms. The average molecular weight is 270 g/mol. The summed E-state index contributed by atoms with van der Waals surface area (Å²) in [6.07, 6.45) is 1.15. The Morgan fingerprint density at radius 3 is 2.55 bits per heavy atom. The second kappa shape index (κ2) is 5.92. The standard InChI is InChI=1S/C18H26N2/c1-6-18(4,5)17(19-7-2)15-10-11-16-14(12-15)9-8-13(3)20-16/h8-12,17,19H,6-7H2,1-5H3.